The topological polar surface area (TPSA) is 88.7 Å². The van der Waals surface area contributed by atoms with E-state index in [1.807, 2.05) is 60.3 Å². The SMILES string of the molecule is O=C(C[C@]1(c2ccc(-c3cccc(NC(=O)CNCc4ccccc4)c3)s2)CCCCS1)NOC1CCCCO1. The highest BCUT2D eigenvalue weighted by Gasteiger charge is 2.38. The lowest BCUT2D eigenvalue weighted by atomic mass is 9.94. The molecule has 3 heterocycles. The van der Waals surface area contributed by atoms with Crippen LogP contribution in [-0.2, 0) is 30.5 Å². The number of anilines is 1. The third-order valence-electron chi connectivity index (χ3n) is 7.18. The first kappa shape index (κ1) is 28.8. The number of carbonyl (C=O) groups excluding carboxylic acids is 2. The Morgan fingerprint density at radius 3 is 2.67 bits per heavy atom. The minimum Gasteiger partial charge on any atom is -0.350 e. The van der Waals surface area contributed by atoms with Crippen molar-refractivity contribution in [3.05, 3.63) is 77.2 Å². The molecule has 5 rings (SSSR count). The van der Waals surface area contributed by atoms with Crippen molar-refractivity contribution in [1.29, 1.82) is 0 Å². The third kappa shape index (κ3) is 7.95. The average molecular weight is 580 g/mol. The zero-order valence-corrected chi connectivity index (χ0v) is 24.3. The van der Waals surface area contributed by atoms with Crippen molar-refractivity contribution < 1.29 is 19.2 Å². The first-order chi connectivity index (χ1) is 19.6. The number of thiophene rings is 1. The second-order valence-electron chi connectivity index (χ2n) is 10.3. The lowest BCUT2D eigenvalue weighted by molar-refractivity contribution is -0.200. The first-order valence-electron chi connectivity index (χ1n) is 14.0. The summed E-state index contributed by atoms with van der Waals surface area (Å²) in [5.74, 6) is 0.848. The predicted molar refractivity (Wildman–Crippen MR) is 162 cm³/mol. The summed E-state index contributed by atoms with van der Waals surface area (Å²) >= 11 is 3.61. The van der Waals surface area contributed by atoms with Gasteiger partial charge in [-0.25, -0.2) is 10.3 Å². The van der Waals surface area contributed by atoms with Crippen molar-refractivity contribution in [2.24, 2.45) is 0 Å². The zero-order valence-electron chi connectivity index (χ0n) is 22.7. The lowest BCUT2D eigenvalue weighted by Gasteiger charge is -2.35. The Morgan fingerprint density at radius 2 is 1.88 bits per heavy atom. The molecule has 9 heteroatoms. The highest BCUT2D eigenvalue weighted by molar-refractivity contribution is 8.00. The number of nitrogens with one attached hydrogen (secondary N) is 3. The molecule has 0 radical (unpaired) electrons. The maximum Gasteiger partial charge on any atom is 0.245 e. The van der Waals surface area contributed by atoms with Crippen LogP contribution in [0.2, 0.25) is 0 Å². The summed E-state index contributed by atoms with van der Waals surface area (Å²) in [6, 6.07) is 22.3. The van der Waals surface area contributed by atoms with Crippen molar-refractivity contribution in [3.63, 3.8) is 0 Å². The van der Waals surface area contributed by atoms with Gasteiger partial charge in [-0.15, -0.1) is 23.1 Å². The highest BCUT2D eigenvalue weighted by Crippen LogP contribution is 2.51. The number of hydroxylamine groups is 1. The molecule has 1 unspecified atom stereocenters. The van der Waals surface area contributed by atoms with E-state index in [-0.39, 0.29) is 29.4 Å². The van der Waals surface area contributed by atoms with E-state index < -0.39 is 0 Å². The third-order valence-corrected chi connectivity index (χ3v) is 10.3. The smallest absolute Gasteiger partial charge is 0.245 e. The van der Waals surface area contributed by atoms with Crippen molar-refractivity contribution in [1.82, 2.24) is 10.8 Å². The number of amides is 2. The second kappa shape index (κ2) is 14.3. The van der Waals surface area contributed by atoms with E-state index in [0.29, 0.717) is 19.6 Å². The molecule has 2 aromatic carbocycles. The molecular formula is C31H37N3O4S2. The Kier molecular flexibility index (Phi) is 10.3. The molecule has 40 heavy (non-hydrogen) atoms. The minimum absolute atomic E-state index is 0.0793. The van der Waals surface area contributed by atoms with E-state index in [9.17, 15) is 9.59 Å². The lowest BCUT2D eigenvalue weighted by Crippen LogP contribution is -2.37. The Balaban J connectivity index is 1.20. The summed E-state index contributed by atoms with van der Waals surface area (Å²) in [5.41, 5.74) is 5.62. The van der Waals surface area contributed by atoms with E-state index >= 15 is 0 Å². The molecule has 2 saturated heterocycles. The van der Waals surface area contributed by atoms with Gasteiger partial charge in [0.1, 0.15) is 0 Å². The Labute approximate surface area is 244 Å². The van der Waals surface area contributed by atoms with Gasteiger partial charge in [0.05, 0.1) is 11.3 Å². The van der Waals surface area contributed by atoms with Crippen LogP contribution in [0.5, 0.6) is 0 Å². The Hall–Kier alpha value is -2.69. The summed E-state index contributed by atoms with van der Waals surface area (Å²) in [5, 5.41) is 6.20. The quantitative estimate of drug-likeness (QED) is 0.234. The molecule has 2 fully saturated rings. The number of thioether (sulfide) groups is 1. The van der Waals surface area contributed by atoms with Crippen LogP contribution in [0.4, 0.5) is 5.69 Å². The van der Waals surface area contributed by atoms with Crippen LogP contribution in [0, 0.1) is 0 Å². The van der Waals surface area contributed by atoms with E-state index in [1.54, 1.807) is 11.3 Å². The number of hydrogen-bond acceptors (Lipinski definition) is 7. The van der Waals surface area contributed by atoms with Gasteiger partial charge in [-0.1, -0.05) is 48.9 Å². The predicted octanol–water partition coefficient (Wildman–Crippen LogP) is 6.22. The zero-order chi connectivity index (χ0) is 27.6. The molecular weight excluding hydrogens is 542 g/mol. The molecule has 0 spiro atoms. The van der Waals surface area contributed by atoms with Crippen LogP contribution >= 0.6 is 23.1 Å². The van der Waals surface area contributed by atoms with E-state index in [2.05, 4.69) is 34.3 Å². The van der Waals surface area contributed by atoms with Crippen LogP contribution in [0.25, 0.3) is 10.4 Å². The van der Waals surface area contributed by atoms with E-state index in [0.717, 1.165) is 59.5 Å². The van der Waals surface area contributed by atoms with Gasteiger partial charge in [0.2, 0.25) is 11.8 Å². The number of ether oxygens (including phenoxy) is 1. The fourth-order valence-electron chi connectivity index (χ4n) is 5.11. The van der Waals surface area contributed by atoms with Crippen molar-refractivity contribution in [2.75, 3.05) is 24.2 Å². The molecule has 7 nitrogen and oxygen atoms in total. The Morgan fingerprint density at radius 1 is 0.975 bits per heavy atom. The number of carbonyl (C=O) groups is 2. The molecule has 212 valence electrons. The Bertz CT molecular complexity index is 1250. The normalized spacial score (nSPS) is 21.1. The van der Waals surface area contributed by atoms with Gasteiger partial charge >= 0.3 is 0 Å². The average Bonchev–Trinajstić information content (AvgIpc) is 3.49. The van der Waals surface area contributed by atoms with Gasteiger partial charge in [-0.05, 0) is 66.8 Å². The summed E-state index contributed by atoms with van der Waals surface area (Å²) in [7, 11) is 0. The maximum atomic E-state index is 13.0. The van der Waals surface area contributed by atoms with Crippen LogP contribution in [0.3, 0.4) is 0 Å². The summed E-state index contributed by atoms with van der Waals surface area (Å²) in [6.07, 6.45) is 6.13. The molecule has 2 aliphatic rings. The van der Waals surface area contributed by atoms with Crippen LogP contribution in [0.15, 0.2) is 66.7 Å². The van der Waals surface area contributed by atoms with Crippen LogP contribution < -0.4 is 16.1 Å². The van der Waals surface area contributed by atoms with Crippen molar-refractivity contribution in [3.8, 4) is 10.4 Å². The van der Waals surface area contributed by atoms with Gasteiger partial charge in [0.25, 0.3) is 0 Å². The standard InChI is InChI=1S/C31H37N3O4S2/c35-28(34-38-30-13-4-6-17-37-30)20-31(16-5-7-18-39-31)27-15-14-26(40-27)24-11-8-12-25(19-24)33-29(36)22-32-21-23-9-2-1-3-10-23/h1-3,8-12,14-15,19,30,32H,4-7,13,16-18,20-22H2,(H,33,36)(H,34,35)/t30?,31-/m0/s1. The van der Waals surface area contributed by atoms with Crippen molar-refractivity contribution >= 4 is 40.6 Å². The molecule has 0 saturated carbocycles. The van der Waals surface area contributed by atoms with E-state index in [4.69, 9.17) is 9.57 Å². The molecule has 0 aliphatic carbocycles. The molecule has 3 aromatic rings. The number of rotatable bonds is 11. The van der Waals surface area contributed by atoms with Gasteiger partial charge in [0.15, 0.2) is 6.29 Å². The largest absolute Gasteiger partial charge is 0.350 e. The number of benzene rings is 2. The molecule has 2 amide bonds. The van der Waals surface area contributed by atoms with Gasteiger partial charge in [0, 0.05) is 41.4 Å². The minimum atomic E-state index is -0.353. The fourth-order valence-corrected chi connectivity index (χ4v) is 8.00. The summed E-state index contributed by atoms with van der Waals surface area (Å²) in [4.78, 5) is 33.4. The van der Waals surface area contributed by atoms with Crippen LogP contribution in [-0.4, -0.2) is 37.0 Å². The fraction of sp³-hybridized carbons (Fsp3) is 0.419. The van der Waals surface area contributed by atoms with Gasteiger partial charge < -0.3 is 15.4 Å². The summed E-state index contributed by atoms with van der Waals surface area (Å²) in [6.45, 7) is 1.56. The maximum absolute atomic E-state index is 13.0. The highest BCUT2D eigenvalue weighted by atomic mass is 32.2. The monoisotopic (exact) mass is 579 g/mol. The van der Waals surface area contributed by atoms with Gasteiger partial charge in [-0.2, -0.15) is 0 Å². The molecule has 0 bridgehead atoms. The first-order valence-corrected chi connectivity index (χ1v) is 15.9. The van der Waals surface area contributed by atoms with Gasteiger partial charge in [-0.3, -0.25) is 9.59 Å². The molecule has 2 aliphatic heterocycles. The molecule has 3 N–H and O–H groups in total. The molecule has 2 atom stereocenters. The number of hydrogen-bond donors (Lipinski definition) is 3. The van der Waals surface area contributed by atoms with Crippen molar-refractivity contribution in [2.45, 2.75) is 62.5 Å². The summed E-state index contributed by atoms with van der Waals surface area (Å²) < 4.78 is 5.32. The van der Waals surface area contributed by atoms with E-state index in [1.165, 1.54) is 11.3 Å². The second-order valence-corrected chi connectivity index (χ2v) is 12.9. The molecule has 1 aromatic heterocycles. The van der Waals surface area contributed by atoms with Crippen LogP contribution in [0.1, 0.15) is 55.4 Å².